The highest BCUT2D eigenvalue weighted by Gasteiger charge is 2.38. The normalized spacial score (nSPS) is 18.9. The first-order valence-corrected chi connectivity index (χ1v) is 12.7. The highest BCUT2D eigenvalue weighted by atomic mass is 32.2. The van der Waals surface area contributed by atoms with Crippen LogP contribution in [0, 0.1) is 12.8 Å². The predicted molar refractivity (Wildman–Crippen MR) is 124 cm³/mol. The number of nitrogens with zero attached hydrogens (tertiary/aromatic N) is 3. The zero-order valence-corrected chi connectivity index (χ0v) is 20.9. The van der Waals surface area contributed by atoms with E-state index in [4.69, 9.17) is 5.73 Å². The van der Waals surface area contributed by atoms with Crippen LogP contribution in [-0.4, -0.2) is 80.3 Å². The summed E-state index contributed by atoms with van der Waals surface area (Å²) < 4.78 is 3.75. The number of likely N-dealkylation sites (tertiary alicyclic amines) is 1. The van der Waals surface area contributed by atoms with Crippen LogP contribution in [0.3, 0.4) is 0 Å². The maximum Gasteiger partial charge on any atom is 0.265 e. The molecule has 0 spiro atoms. The number of carboxylic acids is 1. The zero-order chi connectivity index (χ0) is 25.4. The van der Waals surface area contributed by atoms with Crippen molar-refractivity contribution >= 4 is 52.9 Å². The van der Waals surface area contributed by atoms with Gasteiger partial charge in [-0.1, -0.05) is 18.3 Å². The number of carbonyl (C=O) groups is 5. The molecule has 4 N–H and O–H groups in total. The summed E-state index contributed by atoms with van der Waals surface area (Å²) in [4.78, 5) is 62.7. The molecule has 0 unspecified atom stereocenters. The van der Waals surface area contributed by atoms with Gasteiger partial charge in [0.1, 0.15) is 17.0 Å². The van der Waals surface area contributed by atoms with Crippen LogP contribution in [0.25, 0.3) is 0 Å². The lowest BCUT2D eigenvalue weighted by molar-refractivity contribution is -0.301. The maximum atomic E-state index is 13.2. The van der Waals surface area contributed by atoms with Gasteiger partial charge in [0.15, 0.2) is 0 Å². The molecule has 1 aliphatic rings. The molecule has 4 amide bonds. The van der Waals surface area contributed by atoms with Gasteiger partial charge in [-0.25, -0.2) is 0 Å². The molecule has 0 bridgehead atoms. The number of aliphatic carboxylic acids is 1. The van der Waals surface area contributed by atoms with Crippen LogP contribution >= 0.6 is 23.3 Å². The number of nitrogens with one attached hydrogen (secondary N) is 2. The second kappa shape index (κ2) is 12.6. The van der Waals surface area contributed by atoms with E-state index in [9.17, 15) is 29.1 Å². The van der Waals surface area contributed by atoms with E-state index < -0.39 is 41.8 Å². The molecule has 3 atom stereocenters. The number of aryl methyl sites for hydroxylation is 1. The second-order valence-electron chi connectivity index (χ2n) is 8.44. The predicted octanol–water partition coefficient (Wildman–Crippen LogP) is -1.56. The summed E-state index contributed by atoms with van der Waals surface area (Å²) in [6.45, 7) is 5.60. The van der Waals surface area contributed by atoms with E-state index in [1.165, 1.54) is 4.90 Å². The van der Waals surface area contributed by atoms with E-state index in [1.54, 1.807) is 6.92 Å². The number of carboxylic acid groups (broad SMARTS) is 1. The van der Waals surface area contributed by atoms with Crippen molar-refractivity contribution in [2.45, 2.75) is 58.2 Å². The Morgan fingerprint density at radius 3 is 2.53 bits per heavy atom. The first kappa shape index (κ1) is 27.5. The second-order valence-corrected chi connectivity index (χ2v) is 10.2. The minimum atomic E-state index is -1.29. The Labute approximate surface area is 205 Å². The summed E-state index contributed by atoms with van der Waals surface area (Å²) in [6, 6.07) is -2.29. The Morgan fingerprint density at radius 1 is 1.26 bits per heavy atom. The Balaban J connectivity index is 2.15. The van der Waals surface area contributed by atoms with Gasteiger partial charge in [-0.2, -0.15) is 0 Å². The molecular weight excluding hydrogens is 484 g/mol. The fourth-order valence-corrected chi connectivity index (χ4v) is 4.79. The molecule has 0 aromatic carbocycles. The van der Waals surface area contributed by atoms with Crippen molar-refractivity contribution in [1.29, 1.82) is 0 Å². The monoisotopic (exact) mass is 513 g/mol. The number of thioether (sulfide) groups is 1. The number of hydrogen-bond acceptors (Lipinski definition) is 10. The maximum absolute atomic E-state index is 13.2. The van der Waals surface area contributed by atoms with E-state index >= 15 is 0 Å². The summed E-state index contributed by atoms with van der Waals surface area (Å²) in [5.41, 5.74) is 5.94. The van der Waals surface area contributed by atoms with Crippen LogP contribution in [-0.2, 0) is 19.2 Å². The van der Waals surface area contributed by atoms with E-state index in [1.807, 2.05) is 13.8 Å². The topological polar surface area (TPSA) is 188 Å². The van der Waals surface area contributed by atoms with Gasteiger partial charge in [-0.15, -0.1) is 16.9 Å². The molecule has 1 saturated heterocycles. The van der Waals surface area contributed by atoms with Crippen LogP contribution in [0.5, 0.6) is 0 Å². The lowest BCUT2D eigenvalue weighted by Gasteiger charge is -2.39. The Kier molecular flexibility index (Phi) is 10.2. The molecule has 2 rings (SSSR count). The largest absolute Gasteiger partial charge is 0.549 e. The van der Waals surface area contributed by atoms with E-state index in [-0.39, 0.29) is 36.3 Å². The van der Waals surface area contributed by atoms with Gasteiger partial charge in [0.05, 0.1) is 17.4 Å². The number of hydrogen-bond donors (Lipinski definition) is 3. The van der Waals surface area contributed by atoms with Crippen LogP contribution in [0.2, 0.25) is 0 Å². The van der Waals surface area contributed by atoms with Crippen molar-refractivity contribution in [2.75, 3.05) is 18.1 Å². The van der Waals surface area contributed by atoms with E-state index in [0.717, 1.165) is 23.3 Å². The Morgan fingerprint density at radius 2 is 1.97 bits per heavy atom. The molecule has 0 saturated carbocycles. The fourth-order valence-electron chi connectivity index (χ4n) is 3.62. The highest BCUT2D eigenvalue weighted by Crippen LogP contribution is 2.21. The van der Waals surface area contributed by atoms with Crippen molar-refractivity contribution in [3.8, 4) is 0 Å². The quantitative estimate of drug-likeness (QED) is 0.314. The van der Waals surface area contributed by atoms with Crippen molar-refractivity contribution in [3.05, 3.63) is 10.6 Å². The smallest absolute Gasteiger partial charge is 0.265 e. The van der Waals surface area contributed by atoms with Gasteiger partial charge in [0.2, 0.25) is 17.7 Å². The average molecular weight is 514 g/mol. The molecule has 1 fully saturated rings. The third kappa shape index (κ3) is 7.94. The number of primary amides is 1. The molecule has 1 aliphatic heterocycles. The molecule has 1 aromatic heterocycles. The fraction of sp³-hybridized carbons (Fsp3) is 0.650. The molecule has 12 nitrogen and oxygen atoms in total. The molecule has 1 aromatic rings. The van der Waals surface area contributed by atoms with Gasteiger partial charge in [-0.3, -0.25) is 19.2 Å². The lowest BCUT2D eigenvalue weighted by atomic mass is 9.95. The molecule has 0 radical (unpaired) electrons. The van der Waals surface area contributed by atoms with E-state index in [0.29, 0.717) is 23.4 Å². The van der Waals surface area contributed by atoms with Gasteiger partial charge in [0, 0.05) is 18.3 Å². The number of nitrogens with two attached hydrogens (primary N) is 1. The number of carbonyl (C=O) groups excluding carboxylic acids is 5. The van der Waals surface area contributed by atoms with Crippen molar-refractivity contribution in [2.24, 2.45) is 11.7 Å². The molecule has 0 aliphatic carbocycles. The van der Waals surface area contributed by atoms with Crippen molar-refractivity contribution < 1.29 is 29.1 Å². The third-order valence-corrected chi connectivity index (χ3v) is 6.95. The van der Waals surface area contributed by atoms with Crippen molar-refractivity contribution in [3.63, 3.8) is 0 Å². The molecule has 188 valence electrons. The first-order valence-electron chi connectivity index (χ1n) is 10.8. The summed E-state index contributed by atoms with van der Waals surface area (Å²) in [7, 11) is 0. The lowest BCUT2D eigenvalue weighted by Crippen LogP contribution is -2.60. The Bertz CT molecular complexity index is 923. The van der Waals surface area contributed by atoms with Crippen LogP contribution in [0.1, 0.15) is 48.5 Å². The zero-order valence-electron chi connectivity index (χ0n) is 19.2. The van der Waals surface area contributed by atoms with Gasteiger partial charge in [0.25, 0.3) is 5.91 Å². The Hall–Kier alpha value is -2.74. The highest BCUT2D eigenvalue weighted by molar-refractivity contribution is 8.00. The average Bonchev–Trinajstić information content (AvgIpc) is 3.18. The number of rotatable bonds is 11. The molecule has 14 heteroatoms. The summed E-state index contributed by atoms with van der Waals surface area (Å²) in [6.07, 6.45) is 0.844. The summed E-state index contributed by atoms with van der Waals surface area (Å²) in [5.74, 6) is -3.73. The van der Waals surface area contributed by atoms with Gasteiger partial charge in [-0.05, 0) is 43.6 Å². The third-order valence-electron chi connectivity index (χ3n) is 5.23. The molecule has 2 heterocycles. The van der Waals surface area contributed by atoms with Gasteiger partial charge < -0.3 is 31.2 Å². The number of aromatic nitrogens is 2. The molecular formula is C20H29N6O6S2-. The van der Waals surface area contributed by atoms with Crippen molar-refractivity contribution in [1.82, 2.24) is 25.1 Å². The minimum absolute atomic E-state index is 0.0891. The summed E-state index contributed by atoms with van der Waals surface area (Å²) in [5, 5.41) is 20.0. The van der Waals surface area contributed by atoms with Crippen LogP contribution < -0.4 is 21.5 Å². The SMILES string of the molecule is Cc1nnsc1C(=O)N[C@H]1CCN(C(=O)CSCC(=O)[O-])[C@H](C(=O)N[C@H](CC(C)C)C(N)=O)C1. The first-order chi connectivity index (χ1) is 16.0. The van der Waals surface area contributed by atoms with Crippen LogP contribution in [0.15, 0.2) is 0 Å². The number of piperidine rings is 1. The molecule has 34 heavy (non-hydrogen) atoms. The van der Waals surface area contributed by atoms with Crippen LogP contribution in [0.4, 0.5) is 0 Å². The summed E-state index contributed by atoms with van der Waals surface area (Å²) >= 11 is 1.84. The van der Waals surface area contributed by atoms with E-state index in [2.05, 4.69) is 20.2 Å². The number of amides is 4. The minimum Gasteiger partial charge on any atom is -0.549 e. The standard InChI is InChI=1S/C20H30N6O6S2/c1-10(2)6-13(18(21)30)23-19(31)14-7-12(22-20(32)17-11(3)24-25-34-17)4-5-26(14)15(27)8-33-9-16(28)29/h10,12-14H,4-9H2,1-3H3,(H2,21,30)(H,22,32)(H,23,31)(H,28,29)/p-1/t12-,13+,14-/m0/s1. The van der Waals surface area contributed by atoms with Gasteiger partial charge >= 0.3 is 0 Å².